The fourth-order valence-electron chi connectivity index (χ4n) is 1.28. The molecule has 0 aliphatic heterocycles. The summed E-state index contributed by atoms with van der Waals surface area (Å²) in [6.07, 6.45) is 0. The van der Waals surface area contributed by atoms with Crippen LogP contribution in [0.15, 0.2) is 24.3 Å². The molecular weight excluding hydrogens is 228 g/mol. The zero-order valence-electron chi connectivity index (χ0n) is 8.98. The summed E-state index contributed by atoms with van der Waals surface area (Å²) < 4.78 is 0. The Bertz CT molecular complexity index is 371. The number of halogens is 1. The van der Waals surface area contributed by atoms with Crippen LogP contribution >= 0.6 is 11.6 Å². The van der Waals surface area contributed by atoms with Crippen LogP contribution in [0.2, 0.25) is 5.02 Å². The third kappa shape index (κ3) is 3.81. The number of carbonyl (C=O) groups is 1. The lowest BCUT2D eigenvalue weighted by molar-refractivity contribution is -0.138. The molecule has 88 valence electrons. The van der Waals surface area contributed by atoms with Crippen molar-refractivity contribution in [2.24, 2.45) is 5.73 Å². The Kier molecular flexibility index (Phi) is 4.73. The van der Waals surface area contributed by atoms with Crippen molar-refractivity contribution in [1.29, 1.82) is 0 Å². The van der Waals surface area contributed by atoms with Crippen molar-refractivity contribution in [2.75, 3.05) is 6.54 Å². The number of hydrogen-bond acceptors (Lipinski definition) is 3. The van der Waals surface area contributed by atoms with E-state index in [2.05, 4.69) is 5.32 Å². The molecule has 0 aliphatic rings. The van der Waals surface area contributed by atoms with E-state index >= 15 is 0 Å². The summed E-state index contributed by atoms with van der Waals surface area (Å²) in [7, 11) is 0. The lowest BCUT2D eigenvalue weighted by atomic mass is 10.1. The zero-order valence-corrected chi connectivity index (χ0v) is 9.74. The highest BCUT2D eigenvalue weighted by Gasteiger charge is 2.13. The van der Waals surface area contributed by atoms with Crippen LogP contribution in [0.3, 0.4) is 0 Å². The first-order valence-electron chi connectivity index (χ1n) is 4.98. The summed E-state index contributed by atoms with van der Waals surface area (Å²) in [5.74, 6) is -1.01. The molecule has 5 heteroatoms. The van der Waals surface area contributed by atoms with Gasteiger partial charge in [0.25, 0.3) is 0 Å². The number of carboxylic acid groups (broad SMARTS) is 1. The lowest BCUT2D eigenvalue weighted by Crippen LogP contribution is -2.41. The van der Waals surface area contributed by atoms with Crippen molar-refractivity contribution in [3.63, 3.8) is 0 Å². The zero-order chi connectivity index (χ0) is 12.1. The molecule has 0 aromatic heterocycles. The van der Waals surface area contributed by atoms with Gasteiger partial charge in [0.05, 0.1) is 0 Å². The largest absolute Gasteiger partial charge is 0.480 e. The maximum Gasteiger partial charge on any atom is 0.321 e. The molecule has 2 atom stereocenters. The predicted molar refractivity (Wildman–Crippen MR) is 63.5 cm³/mol. The Balaban J connectivity index is 2.52. The number of nitrogens with one attached hydrogen (secondary N) is 1. The van der Waals surface area contributed by atoms with Gasteiger partial charge in [-0.05, 0) is 24.6 Å². The molecule has 0 heterocycles. The number of benzene rings is 1. The van der Waals surface area contributed by atoms with E-state index < -0.39 is 12.0 Å². The van der Waals surface area contributed by atoms with Crippen molar-refractivity contribution in [2.45, 2.75) is 19.0 Å². The average Bonchev–Trinajstić information content (AvgIpc) is 2.25. The molecule has 4 nitrogen and oxygen atoms in total. The minimum atomic E-state index is -1.01. The van der Waals surface area contributed by atoms with Crippen LogP contribution in [0.5, 0.6) is 0 Å². The molecule has 16 heavy (non-hydrogen) atoms. The Morgan fingerprint density at radius 3 is 2.88 bits per heavy atom. The van der Waals surface area contributed by atoms with Gasteiger partial charge in [0.1, 0.15) is 6.04 Å². The van der Waals surface area contributed by atoms with E-state index in [0.717, 1.165) is 5.56 Å². The standard InChI is InChI=1S/C11H15ClN2O2/c1-7(14-6-10(13)11(15)16)8-3-2-4-9(12)5-8/h2-5,7,10,14H,6,13H2,1H3,(H,15,16). The second kappa shape index (κ2) is 5.84. The van der Waals surface area contributed by atoms with Crippen LogP contribution in [0.1, 0.15) is 18.5 Å². The number of nitrogens with two attached hydrogens (primary N) is 1. The van der Waals surface area contributed by atoms with Gasteiger partial charge in [0, 0.05) is 17.6 Å². The quantitative estimate of drug-likeness (QED) is 0.730. The Labute approximate surface area is 99.4 Å². The number of carboxylic acids is 1. The lowest BCUT2D eigenvalue weighted by Gasteiger charge is -2.16. The summed E-state index contributed by atoms with van der Waals surface area (Å²) in [4.78, 5) is 10.5. The molecular formula is C11H15ClN2O2. The molecule has 1 aromatic carbocycles. The molecule has 0 bridgehead atoms. The minimum Gasteiger partial charge on any atom is -0.480 e. The molecule has 0 aliphatic carbocycles. The maximum atomic E-state index is 10.5. The van der Waals surface area contributed by atoms with Gasteiger partial charge in [0.2, 0.25) is 0 Å². The summed E-state index contributed by atoms with van der Waals surface area (Å²) in [6, 6.07) is 6.54. The van der Waals surface area contributed by atoms with E-state index in [9.17, 15) is 4.79 Å². The maximum absolute atomic E-state index is 10.5. The van der Waals surface area contributed by atoms with E-state index in [4.69, 9.17) is 22.4 Å². The first-order chi connectivity index (χ1) is 7.50. The fraction of sp³-hybridized carbons (Fsp3) is 0.364. The van der Waals surface area contributed by atoms with Crippen LogP contribution in [0.25, 0.3) is 0 Å². The van der Waals surface area contributed by atoms with Gasteiger partial charge < -0.3 is 16.2 Å². The van der Waals surface area contributed by atoms with E-state index in [-0.39, 0.29) is 12.6 Å². The van der Waals surface area contributed by atoms with Crippen molar-refractivity contribution in [1.82, 2.24) is 5.32 Å². The normalized spacial score (nSPS) is 14.4. The van der Waals surface area contributed by atoms with Gasteiger partial charge in [-0.3, -0.25) is 4.79 Å². The number of aliphatic carboxylic acids is 1. The van der Waals surface area contributed by atoms with Crippen LogP contribution < -0.4 is 11.1 Å². The topological polar surface area (TPSA) is 75.3 Å². The van der Waals surface area contributed by atoms with E-state index in [1.807, 2.05) is 25.1 Å². The molecule has 0 amide bonds. The van der Waals surface area contributed by atoms with Gasteiger partial charge in [-0.1, -0.05) is 23.7 Å². The Morgan fingerprint density at radius 1 is 1.62 bits per heavy atom. The van der Waals surface area contributed by atoms with Crippen molar-refractivity contribution >= 4 is 17.6 Å². The van der Waals surface area contributed by atoms with Crippen molar-refractivity contribution in [3.05, 3.63) is 34.9 Å². The molecule has 4 N–H and O–H groups in total. The molecule has 0 fully saturated rings. The monoisotopic (exact) mass is 242 g/mol. The minimum absolute atomic E-state index is 0.0177. The van der Waals surface area contributed by atoms with Gasteiger partial charge in [-0.25, -0.2) is 0 Å². The summed E-state index contributed by atoms with van der Waals surface area (Å²) in [6.45, 7) is 2.16. The van der Waals surface area contributed by atoms with Crippen molar-refractivity contribution < 1.29 is 9.90 Å². The number of rotatable bonds is 5. The highest BCUT2D eigenvalue weighted by molar-refractivity contribution is 6.30. The third-order valence-corrected chi connectivity index (χ3v) is 2.54. The number of hydrogen-bond donors (Lipinski definition) is 3. The summed E-state index contributed by atoms with van der Waals surface area (Å²) >= 11 is 5.86. The van der Waals surface area contributed by atoms with E-state index in [0.29, 0.717) is 5.02 Å². The second-order valence-electron chi connectivity index (χ2n) is 3.63. The predicted octanol–water partition coefficient (Wildman–Crippen LogP) is 1.40. The average molecular weight is 243 g/mol. The summed E-state index contributed by atoms with van der Waals surface area (Å²) in [5.41, 5.74) is 6.39. The van der Waals surface area contributed by atoms with Gasteiger partial charge in [-0.2, -0.15) is 0 Å². The van der Waals surface area contributed by atoms with Crippen molar-refractivity contribution in [3.8, 4) is 0 Å². The van der Waals surface area contributed by atoms with Gasteiger partial charge in [-0.15, -0.1) is 0 Å². The van der Waals surface area contributed by atoms with Crippen LogP contribution in [0.4, 0.5) is 0 Å². The fourth-order valence-corrected chi connectivity index (χ4v) is 1.48. The van der Waals surface area contributed by atoms with Crippen LogP contribution in [-0.4, -0.2) is 23.7 Å². The first kappa shape index (κ1) is 13.0. The SMILES string of the molecule is CC(NCC(N)C(=O)O)c1cccc(Cl)c1. The Morgan fingerprint density at radius 2 is 2.31 bits per heavy atom. The molecule has 0 radical (unpaired) electrons. The van der Waals surface area contributed by atoms with Gasteiger partial charge >= 0.3 is 5.97 Å². The van der Waals surface area contributed by atoms with E-state index in [1.54, 1.807) is 6.07 Å². The van der Waals surface area contributed by atoms with Crippen LogP contribution in [0, 0.1) is 0 Å². The Hall–Kier alpha value is -1.10. The third-order valence-electron chi connectivity index (χ3n) is 2.31. The smallest absolute Gasteiger partial charge is 0.321 e. The molecule has 1 aromatic rings. The molecule has 0 saturated heterocycles. The molecule has 2 unspecified atom stereocenters. The second-order valence-corrected chi connectivity index (χ2v) is 4.07. The highest BCUT2D eigenvalue weighted by atomic mass is 35.5. The van der Waals surface area contributed by atoms with Crippen LogP contribution in [-0.2, 0) is 4.79 Å². The summed E-state index contributed by atoms with van der Waals surface area (Å²) in [5, 5.41) is 12.3. The molecule has 0 saturated carbocycles. The van der Waals surface area contributed by atoms with E-state index in [1.165, 1.54) is 0 Å². The molecule has 0 spiro atoms. The first-order valence-corrected chi connectivity index (χ1v) is 5.35. The van der Waals surface area contributed by atoms with Gasteiger partial charge in [0.15, 0.2) is 0 Å². The molecule has 1 rings (SSSR count). The highest BCUT2D eigenvalue weighted by Crippen LogP contribution is 2.16.